The predicted molar refractivity (Wildman–Crippen MR) is 75.0 cm³/mol. The molecule has 0 aliphatic carbocycles. The molecule has 2 fully saturated rings. The third-order valence-electron chi connectivity index (χ3n) is 4.12. The Labute approximate surface area is 113 Å². The van der Waals surface area contributed by atoms with Crippen LogP contribution in [0, 0.1) is 0 Å². The van der Waals surface area contributed by atoms with Gasteiger partial charge in [0.2, 0.25) is 0 Å². The quantitative estimate of drug-likeness (QED) is 0.832. The van der Waals surface area contributed by atoms with Gasteiger partial charge in [0.15, 0.2) is 0 Å². The zero-order chi connectivity index (χ0) is 13.2. The predicted octanol–water partition coefficient (Wildman–Crippen LogP) is 0.936. The number of fused-ring (bicyclic) bond motifs is 2. The number of carbonyl (C=O) groups is 1. The Morgan fingerprint density at radius 2 is 2.11 bits per heavy atom. The first kappa shape index (κ1) is 12.4. The summed E-state index contributed by atoms with van der Waals surface area (Å²) in [5, 5.41) is 2.97. The molecule has 5 nitrogen and oxygen atoms in total. The van der Waals surface area contributed by atoms with Gasteiger partial charge >= 0.3 is 6.03 Å². The van der Waals surface area contributed by atoms with Crippen molar-refractivity contribution in [1.29, 1.82) is 0 Å². The van der Waals surface area contributed by atoms with E-state index >= 15 is 0 Å². The minimum Gasteiger partial charge on any atom is -0.329 e. The molecule has 1 aromatic rings. The topological polar surface area (TPSA) is 61.6 Å². The maximum Gasteiger partial charge on any atom is 0.322 e. The Hall–Kier alpha value is -1.59. The maximum atomic E-state index is 12.4. The van der Waals surface area contributed by atoms with E-state index in [-0.39, 0.29) is 6.03 Å². The van der Waals surface area contributed by atoms with Crippen LogP contribution in [0.5, 0.6) is 0 Å². The number of rotatable bonds is 2. The average molecular weight is 260 g/mol. The van der Waals surface area contributed by atoms with Crippen LogP contribution in [0.4, 0.5) is 10.5 Å². The molecule has 2 bridgehead atoms. The van der Waals surface area contributed by atoms with E-state index in [4.69, 9.17) is 5.73 Å². The summed E-state index contributed by atoms with van der Waals surface area (Å²) in [5.41, 5.74) is 6.65. The van der Waals surface area contributed by atoms with Crippen LogP contribution in [0.15, 0.2) is 30.3 Å². The second-order valence-electron chi connectivity index (χ2n) is 5.28. The summed E-state index contributed by atoms with van der Waals surface area (Å²) in [7, 11) is 0. The Morgan fingerprint density at radius 1 is 1.32 bits per heavy atom. The molecular formula is C14H20N4O. The summed E-state index contributed by atoms with van der Waals surface area (Å²) in [6, 6.07) is 10.2. The van der Waals surface area contributed by atoms with Gasteiger partial charge in [-0.1, -0.05) is 18.2 Å². The molecule has 102 valence electrons. The molecule has 3 atom stereocenters. The largest absolute Gasteiger partial charge is 0.329 e. The van der Waals surface area contributed by atoms with Crippen LogP contribution in [0.3, 0.4) is 0 Å². The third kappa shape index (κ3) is 2.43. The number of piperazine rings is 1. The average Bonchev–Trinajstić information content (AvgIpc) is 2.84. The normalized spacial score (nSPS) is 29.3. The lowest BCUT2D eigenvalue weighted by molar-refractivity contribution is 0.113. The number of hydrogen-bond donors (Lipinski definition) is 2. The van der Waals surface area contributed by atoms with Gasteiger partial charge in [-0.3, -0.25) is 4.90 Å². The number of urea groups is 1. The molecule has 0 radical (unpaired) electrons. The van der Waals surface area contributed by atoms with E-state index in [2.05, 4.69) is 10.2 Å². The second kappa shape index (κ2) is 5.19. The lowest BCUT2D eigenvalue weighted by Gasteiger charge is -2.39. The first-order valence-corrected chi connectivity index (χ1v) is 6.84. The second-order valence-corrected chi connectivity index (χ2v) is 5.28. The summed E-state index contributed by atoms with van der Waals surface area (Å²) >= 11 is 0. The number of amides is 2. The molecule has 5 heteroatoms. The van der Waals surface area contributed by atoms with Crippen molar-refractivity contribution in [3.05, 3.63) is 30.3 Å². The first-order valence-electron chi connectivity index (χ1n) is 6.84. The van der Waals surface area contributed by atoms with Crippen LogP contribution in [-0.4, -0.2) is 54.1 Å². The Morgan fingerprint density at radius 3 is 2.84 bits per heavy atom. The number of nitrogens with zero attached hydrogens (tertiary/aromatic N) is 2. The van der Waals surface area contributed by atoms with E-state index in [1.165, 1.54) is 0 Å². The number of nitrogens with two attached hydrogens (primary N) is 1. The zero-order valence-corrected chi connectivity index (χ0v) is 11.0. The van der Waals surface area contributed by atoms with Gasteiger partial charge in [0.1, 0.15) is 0 Å². The lowest BCUT2D eigenvalue weighted by atomic mass is 10.1. The fourth-order valence-corrected chi connectivity index (χ4v) is 3.03. The van der Waals surface area contributed by atoms with E-state index in [0.29, 0.717) is 18.6 Å². The van der Waals surface area contributed by atoms with Crippen molar-refractivity contribution in [2.24, 2.45) is 5.73 Å². The van der Waals surface area contributed by atoms with Gasteiger partial charge < -0.3 is 16.0 Å². The van der Waals surface area contributed by atoms with E-state index < -0.39 is 0 Å². The van der Waals surface area contributed by atoms with Gasteiger partial charge in [-0.2, -0.15) is 0 Å². The van der Waals surface area contributed by atoms with Crippen molar-refractivity contribution in [3.63, 3.8) is 0 Å². The molecule has 1 aromatic carbocycles. The van der Waals surface area contributed by atoms with Gasteiger partial charge in [-0.05, 0) is 18.6 Å². The molecule has 2 saturated heterocycles. The molecule has 0 spiro atoms. The molecule has 1 unspecified atom stereocenters. The molecule has 2 amide bonds. The summed E-state index contributed by atoms with van der Waals surface area (Å²) in [4.78, 5) is 16.7. The summed E-state index contributed by atoms with van der Waals surface area (Å²) < 4.78 is 0. The molecule has 2 aliphatic heterocycles. The SMILES string of the molecule is NC[C@@H]1CN(C(=O)Nc2ccccc2)[C@H]2CCN1C2. The highest BCUT2D eigenvalue weighted by molar-refractivity contribution is 5.89. The van der Waals surface area contributed by atoms with Gasteiger partial charge in [-0.25, -0.2) is 4.79 Å². The standard InChI is InChI=1S/C14H20N4O/c15-8-13-10-18(12-6-7-17(13)9-12)14(19)16-11-4-2-1-3-5-11/h1-5,12-13H,6-10,15H2,(H,16,19)/t12-,13+/m0/s1. The summed E-state index contributed by atoms with van der Waals surface area (Å²) in [6.07, 6.45) is 1.05. The van der Waals surface area contributed by atoms with Crippen LogP contribution in [0.25, 0.3) is 0 Å². The van der Waals surface area contributed by atoms with E-state index in [0.717, 1.165) is 31.7 Å². The number of nitrogens with one attached hydrogen (secondary N) is 1. The van der Waals surface area contributed by atoms with Crippen molar-refractivity contribution in [2.45, 2.75) is 18.5 Å². The Kier molecular flexibility index (Phi) is 3.40. The maximum absolute atomic E-state index is 12.4. The summed E-state index contributed by atoms with van der Waals surface area (Å²) in [5.74, 6) is 0. The molecule has 0 aromatic heterocycles. The molecular weight excluding hydrogens is 240 g/mol. The van der Waals surface area contributed by atoms with Crippen molar-refractivity contribution < 1.29 is 4.79 Å². The summed E-state index contributed by atoms with van der Waals surface area (Å²) in [6.45, 7) is 3.37. The van der Waals surface area contributed by atoms with Crippen molar-refractivity contribution in [1.82, 2.24) is 9.80 Å². The minimum absolute atomic E-state index is 0.00352. The van der Waals surface area contributed by atoms with Gasteiger partial charge in [-0.15, -0.1) is 0 Å². The molecule has 3 N–H and O–H groups in total. The van der Waals surface area contributed by atoms with Gasteiger partial charge in [0.05, 0.1) is 0 Å². The van der Waals surface area contributed by atoms with Crippen LogP contribution in [0.2, 0.25) is 0 Å². The van der Waals surface area contributed by atoms with Crippen LogP contribution < -0.4 is 11.1 Å². The van der Waals surface area contributed by atoms with Crippen molar-refractivity contribution in [2.75, 3.05) is 31.5 Å². The monoisotopic (exact) mass is 260 g/mol. The van der Waals surface area contributed by atoms with Gasteiger partial charge in [0, 0.05) is 44.0 Å². The first-order chi connectivity index (χ1) is 9.28. The van der Waals surface area contributed by atoms with Crippen LogP contribution >= 0.6 is 0 Å². The number of carbonyl (C=O) groups excluding carboxylic acids is 1. The fourth-order valence-electron chi connectivity index (χ4n) is 3.03. The molecule has 2 aliphatic rings. The molecule has 0 saturated carbocycles. The molecule has 3 rings (SSSR count). The van der Waals surface area contributed by atoms with E-state index in [1.807, 2.05) is 35.2 Å². The number of anilines is 1. The number of benzene rings is 1. The van der Waals surface area contributed by atoms with Crippen LogP contribution in [-0.2, 0) is 0 Å². The Balaban J connectivity index is 1.69. The highest BCUT2D eigenvalue weighted by Gasteiger charge is 2.40. The van der Waals surface area contributed by atoms with Crippen molar-refractivity contribution >= 4 is 11.7 Å². The van der Waals surface area contributed by atoms with Gasteiger partial charge in [0.25, 0.3) is 0 Å². The molecule has 19 heavy (non-hydrogen) atoms. The Bertz CT molecular complexity index is 450. The highest BCUT2D eigenvalue weighted by Crippen LogP contribution is 2.25. The number of hydrogen-bond acceptors (Lipinski definition) is 3. The molecule has 2 heterocycles. The smallest absolute Gasteiger partial charge is 0.322 e. The highest BCUT2D eigenvalue weighted by atomic mass is 16.2. The van der Waals surface area contributed by atoms with E-state index in [1.54, 1.807) is 0 Å². The number of para-hydroxylation sites is 1. The third-order valence-corrected chi connectivity index (χ3v) is 4.12. The fraction of sp³-hybridized carbons (Fsp3) is 0.500. The van der Waals surface area contributed by atoms with Crippen LogP contribution in [0.1, 0.15) is 6.42 Å². The zero-order valence-electron chi connectivity index (χ0n) is 11.0. The lowest BCUT2D eigenvalue weighted by Crippen LogP contribution is -2.57. The van der Waals surface area contributed by atoms with Crippen molar-refractivity contribution in [3.8, 4) is 0 Å². The minimum atomic E-state index is -0.00352. The van der Waals surface area contributed by atoms with E-state index in [9.17, 15) is 4.79 Å².